The molecule has 1 aromatic heterocycles. The van der Waals surface area contributed by atoms with E-state index in [1.807, 2.05) is 0 Å². The average Bonchev–Trinajstić information content (AvgIpc) is 2.85. The Hall–Kier alpha value is -0.580. The Morgan fingerprint density at radius 1 is 1.38 bits per heavy atom. The molecule has 86 valence electrons. The molecule has 3 atom stereocenters. The highest BCUT2D eigenvalue weighted by Gasteiger charge is 2.41. The van der Waals surface area contributed by atoms with Crippen LogP contribution in [0.1, 0.15) is 19.3 Å². The summed E-state index contributed by atoms with van der Waals surface area (Å²) in [5, 5.41) is 3.99. The van der Waals surface area contributed by atoms with Crippen LogP contribution >= 0.6 is 23.2 Å². The molecule has 2 saturated heterocycles. The molecule has 0 aromatic carbocycles. The fourth-order valence-corrected chi connectivity index (χ4v) is 2.69. The van der Waals surface area contributed by atoms with Crippen LogP contribution in [0.25, 0.3) is 0 Å². The van der Waals surface area contributed by atoms with Gasteiger partial charge in [0.25, 0.3) is 0 Å². The van der Waals surface area contributed by atoms with E-state index >= 15 is 0 Å². The van der Waals surface area contributed by atoms with Crippen LogP contribution in [-0.4, -0.2) is 28.2 Å². The lowest BCUT2D eigenvalue weighted by Crippen LogP contribution is -2.31. The Morgan fingerprint density at radius 2 is 2.25 bits per heavy atom. The lowest BCUT2D eigenvalue weighted by atomic mass is 9.95. The molecule has 2 aliphatic rings. The predicted octanol–water partition coefficient (Wildman–Crippen LogP) is 2.52. The molecule has 0 spiro atoms. The Balaban J connectivity index is 1.76. The number of fused-ring (bicyclic) bond motifs is 2. The molecule has 6 heteroatoms. The second-order valence-electron chi connectivity index (χ2n) is 4.20. The Labute approximate surface area is 103 Å². The highest BCUT2D eigenvalue weighted by Crippen LogP contribution is 2.36. The van der Waals surface area contributed by atoms with Crippen LogP contribution in [0.5, 0.6) is 0 Å². The summed E-state index contributed by atoms with van der Waals surface area (Å²) >= 11 is 11.7. The third kappa shape index (κ3) is 1.85. The summed E-state index contributed by atoms with van der Waals surface area (Å²) in [4.78, 5) is 7.89. The zero-order chi connectivity index (χ0) is 11.1. The fourth-order valence-electron chi connectivity index (χ4n) is 2.41. The van der Waals surface area contributed by atoms with E-state index in [0.717, 1.165) is 12.8 Å². The molecular formula is C10H11Cl2N3O. The van der Waals surface area contributed by atoms with Gasteiger partial charge in [-0.05, 0) is 30.9 Å². The van der Waals surface area contributed by atoms with Gasteiger partial charge in [-0.3, -0.25) is 0 Å². The standard InChI is InChI=1S/C10H11Cl2N3O/c11-6-4-13-10(12)15-9(6)14-7-3-5-1-2-8(7)16-5/h4-5,7-8H,1-3H2,(H,13,14,15). The normalized spacial score (nSPS) is 32.0. The molecule has 3 rings (SSSR count). The first-order valence-corrected chi connectivity index (χ1v) is 6.08. The number of nitrogens with zero attached hydrogens (tertiary/aromatic N) is 2. The number of ether oxygens (including phenoxy) is 1. The highest BCUT2D eigenvalue weighted by molar-refractivity contribution is 6.33. The van der Waals surface area contributed by atoms with Crippen LogP contribution < -0.4 is 5.32 Å². The smallest absolute Gasteiger partial charge is 0.224 e. The van der Waals surface area contributed by atoms with E-state index in [0.29, 0.717) is 23.0 Å². The number of hydrogen-bond donors (Lipinski definition) is 1. The van der Waals surface area contributed by atoms with Crippen LogP contribution in [0.2, 0.25) is 10.3 Å². The maximum Gasteiger partial charge on any atom is 0.224 e. The summed E-state index contributed by atoms with van der Waals surface area (Å²) in [5.41, 5.74) is 0. The number of anilines is 1. The van der Waals surface area contributed by atoms with E-state index in [1.165, 1.54) is 12.6 Å². The third-order valence-corrected chi connectivity index (χ3v) is 3.60. The number of rotatable bonds is 2. The quantitative estimate of drug-likeness (QED) is 0.830. The van der Waals surface area contributed by atoms with E-state index in [2.05, 4.69) is 15.3 Å². The zero-order valence-electron chi connectivity index (χ0n) is 8.49. The number of aromatic nitrogens is 2. The van der Waals surface area contributed by atoms with Gasteiger partial charge >= 0.3 is 0 Å². The van der Waals surface area contributed by atoms with Crippen LogP contribution in [0.4, 0.5) is 5.82 Å². The molecule has 3 unspecified atom stereocenters. The van der Waals surface area contributed by atoms with Gasteiger partial charge in [0.05, 0.1) is 24.4 Å². The van der Waals surface area contributed by atoms with Crippen LogP contribution in [0.3, 0.4) is 0 Å². The molecule has 0 aliphatic carbocycles. The van der Waals surface area contributed by atoms with Gasteiger partial charge in [0, 0.05) is 0 Å². The third-order valence-electron chi connectivity index (χ3n) is 3.14. The van der Waals surface area contributed by atoms with Gasteiger partial charge in [0.2, 0.25) is 5.28 Å². The predicted molar refractivity (Wildman–Crippen MR) is 62.0 cm³/mol. The molecule has 1 aromatic rings. The minimum Gasteiger partial charge on any atom is -0.373 e. The van der Waals surface area contributed by atoms with E-state index < -0.39 is 0 Å². The van der Waals surface area contributed by atoms with Crippen molar-refractivity contribution in [1.82, 2.24) is 9.97 Å². The van der Waals surface area contributed by atoms with E-state index in [4.69, 9.17) is 27.9 Å². The first kappa shape index (κ1) is 10.6. The van der Waals surface area contributed by atoms with Gasteiger partial charge < -0.3 is 10.1 Å². The molecule has 3 heterocycles. The van der Waals surface area contributed by atoms with Crippen molar-refractivity contribution in [2.24, 2.45) is 0 Å². The van der Waals surface area contributed by atoms with Crippen molar-refractivity contribution in [1.29, 1.82) is 0 Å². The van der Waals surface area contributed by atoms with Gasteiger partial charge in [0.1, 0.15) is 10.8 Å². The van der Waals surface area contributed by atoms with Crippen molar-refractivity contribution >= 4 is 29.0 Å². The Kier molecular flexibility index (Phi) is 2.65. The van der Waals surface area contributed by atoms with Gasteiger partial charge in [-0.25, -0.2) is 4.98 Å². The van der Waals surface area contributed by atoms with Crippen LogP contribution in [-0.2, 0) is 4.74 Å². The lowest BCUT2D eigenvalue weighted by molar-refractivity contribution is 0.102. The summed E-state index contributed by atoms with van der Waals surface area (Å²) in [5.74, 6) is 0.600. The minimum atomic E-state index is 0.205. The molecule has 2 aliphatic heterocycles. The SMILES string of the molecule is Clc1ncc(Cl)c(NC2CC3CCC2O3)n1. The van der Waals surface area contributed by atoms with Crippen LogP contribution in [0, 0.1) is 0 Å². The zero-order valence-corrected chi connectivity index (χ0v) is 10.0. The summed E-state index contributed by atoms with van der Waals surface area (Å²) in [7, 11) is 0. The molecule has 1 N–H and O–H groups in total. The summed E-state index contributed by atoms with van der Waals surface area (Å²) in [6.45, 7) is 0. The topological polar surface area (TPSA) is 47.0 Å². The average molecular weight is 260 g/mol. The van der Waals surface area contributed by atoms with Gasteiger partial charge in [-0.2, -0.15) is 4.98 Å². The summed E-state index contributed by atoms with van der Waals surface area (Å²) in [6, 6.07) is 0.294. The molecule has 0 radical (unpaired) electrons. The molecule has 16 heavy (non-hydrogen) atoms. The second kappa shape index (κ2) is 4.02. The van der Waals surface area contributed by atoms with Gasteiger partial charge in [-0.15, -0.1) is 0 Å². The molecule has 4 nitrogen and oxygen atoms in total. The molecule has 2 fully saturated rings. The van der Waals surface area contributed by atoms with Crippen molar-refractivity contribution in [3.05, 3.63) is 16.5 Å². The second-order valence-corrected chi connectivity index (χ2v) is 4.94. The largest absolute Gasteiger partial charge is 0.373 e. The fraction of sp³-hybridized carbons (Fsp3) is 0.600. The van der Waals surface area contributed by atoms with E-state index in [1.54, 1.807) is 0 Å². The summed E-state index contributed by atoms with van der Waals surface area (Å²) in [6.07, 6.45) is 5.49. The van der Waals surface area contributed by atoms with Crippen molar-refractivity contribution < 1.29 is 4.74 Å². The van der Waals surface area contributed by atoms with Gasteiger partial charge in [-0.1, -0.05) is 11.6 Å². The van der Waals surface area contributed by atoms with Crippen molar-refractivity contribution in [3.63, 3.8) is 0 Å². The molecular weight excluding hydrogens is 249 g/mol. The molecule has 2 bridgehead atoms. The lowest BCUT2D eigenvalue weighted by Gasteiger charge is -2.20. The maximum atomic E-state index is 5.99. The van der Waals surface area contributed by atoms with E-state index in [-0.39, 0.29) is 11.4 Å². The van der Waals surface area contributed by atoms with Crippen molar-refractivity contribution in [2.75, 3.05) is 5.32 Å². The van der Waals surface area contributed by atoms with Crippen molar-refractivity contribution in [2.45, 2.75) is 37.5 Å². The Morgan fingerprint density at radius 3 is 2.94 bits per heavy atom. The van der Waals surface area contributed by atoms with Crippen molar-refractivity contribution in [3.8, 4) is 0 Å². The van der Waals surface area contributed by atoms with Gasteiger partial charge in [0.15, 0.2) is 0 Å². The molecule has 0 saturated carbocycles. The minimum absolute atomic E-state index is 0.205. The number of nitrogens with one attached hydrogen (secondary N) is 1. The first-order valence-electron chi connectivity index (χ1n) is 5.32. The summed E-state index contributed by atoms with van der Waals surface area (Å²) < 4.78 is 5.75. The maximum absolute atomic E-state index is 5.99. The number of hydrogen-bond acceptors (Lipinski definition) is 4. The van der Waals surface area contributed by atoms with E-state index in [9.17, 15) is 0 Å². The first-order chi connectivity index (χ1) is 7.72. The monoisotopic (exact) mass is 259 g/mol. The number of halogens is 2. The van der Waals surface area contributed by atoms with Crippen LogP contribution in [0.15, 0.2) is 6.20 Å². The Bertz CT molecular complexity index is 415. The highest BCUT2D eigenvalue weighted by atomic mass is 35.5. The molecule has 0 amide bonds.